The average molecular weight is 275 g/mol. The number of carbonyl (C=O) groups is 1. The fourth-order valence-corrected chi connectivity index (χ4v) is 2.41. The Bertz CT molecular complexity index is 439. The maximum absolute atomic E-state index is 11.7. The largest absolute Gasteiger partial charge is 0.460 e. The van der Waals surface area contributed by atoms with Crippen molar-refractivity contribution in [1.29, 1.82) is 0 Å². The van der Waals surface area contributed by atoms with Crippen LogP contribution in [0.5, 0.6) is 0 Å². The molecule has 0 spiro atoms. The molecule has 1 aromatic rings. The molecule has 1 fully saturated rings. The second-order valence-electron chi connectivity index (χ2n) is 6.59. The summed E-state index contributed by atoms with van der Waals surface area (Å²) in [5, 5.41) is 3.39. The van der Waals surface area contributed by atoms with Crippen LogP contribution in [0, 0.1) is 5.41 Å². The van der Waals surface area contributed by atoms with E-state index in [0.717, 1.165) is 18.7 Å². The first-order valence-electron chi connectivity index (χ1n) is 7.43. The van der Waals surface area contributed by atoms with Crippen LogP contribution in [-0.4, -0.2) is 19.1 Å². The molecule has 0 atom stereocenters. The summed E-state index contributed by atoms with van der Waals surface area (Å²) in [4.78, 5) is 11.7. The second-order valence-corrected chi connectivity index (χ2v) is 6.59. The Labute approximate surface area is 121 Å². The van der Waals surface area contributed by atoms with Gasteiger partial charge in [0.15, 0.2) is 0 Å². The molecule has 0 unspecified atom stereocenters. The number of nitrogens with one attached hydrogen (secondary N) is 1. The summed E-state index contributed by atoms with van der Waals surface area (Å²) in [5.41, 5.74) is 2.02. The van der Waals surface area contributed by atoms with E-state index >= 15 is 0 Å². The normalized spacial score (nSPS) is 16.9. The molecule has 1 heterocycles. The maximum Gasteiger partial charge on any atom is 0.311 e. The Balaban J connectivity index is 1.90. The van der Waals surface area contributed by atoms with E-state index in [9.17, 15) is 4.79 Å². The van der Waals surface area contributed by atoms with Crippen LogP contribution in [0.2, 0.25) is 0 Å². The van der Waals surface area contributed by atoms with Crippen molar-refractivity contribution in [2.24, 2.45) is 5.41 Å². The van der Waals surface area contributed by atoms with Gasteiger partial charge in [-0.3, -0.25) is 4.79 Å². The zero-order valence-corrected chi connectivity index (χ0v) is 12.7. The monoisotopic (exact) mass is 275 g/mol. The molecule has 0 saturated carbocycles. The van der Waals surface area contributed by atoms with Crippen molar-refractivity contribution in [3.8, 4) is 0 Å². The molecule has 2 rings (SSSR count). The molecule has 3 heteroatoms. The number of benzene rings is 1. The summed E-state index contributed by atoms with van der Waals surface area (Å²) in [6, 6.07) is 8.51. The minimum atomic E-state index is -0.435. The van der Waals surface area contributed by atoms with Crippen LogP contribution in [0.4, 0.5) is 0 Å². The standard InChI is InChI=1S/C17H25NO2/c1-17(2,3)16(19)20-12-13-4-6-14(7-5-13)15-8-10-18-11-9-15/h4-7,15,18H,8-12H2,1-3H3. The number of carbonyl (C=O) groups excluding carboxylic acids is 1. The van der Waals surface area contributed by atoms with E-state index in [2.05, 4.69) is 29.6 Å². The molecule has 1 aliphatic heterocycles. The molecule has 0 radical (unpaired) electrons. The predicted molar refractivity (Wildman–Crippen MR) is 80.5 cm³/mol. The molecule has 20 heavy (non-hydrogen) atoms. The minimum Gasteiger partial charge on any atom is -0.460 e. The van der Waals surface area contributed by atoms with Gasteiger partial charge in [-0.1, -0.05) is 24.3 Å². The van der Waals surface area contributed by atoms with Crippen LogP contribution in [0.25, 0.3) is 0 Å². The molecule has 0 aliphatic carbocycles. The highest BCUT2D eigenvalue weighted by atomic mass is 16.5. The Morgan fingerprint density at radius 1 is 1.20 bits per heavy atom. The van der Waals surface area contributed by atoms with Crippen LogP contribution in [0.15, 0.2) is 24.3 Å². The first kappa shape index (κ1) is 15.0. The Hall–Kier alpha value is -1.35. The van der Waals surface area contributed by atoms with Gasteiger partial charge < -0.3 is 10.1 Å². The first-order valence-corrected chi connectivity index (χ1v) is 7.43. The van der Waals surface area contributed by atoms with Crippen molar-refractivity contribution in [3.63, 3.8) is 0 Å². The van der Waals surface area contributed by atoms with Gasteiger partial charge in [0.05, 0.1) is 5.41 Å². The number of hydrogen-bond acceptors (Lipinski definition) is 3. The SMILES string of the molecule is CC(C)(C)C(=O)OCc1ccc(C2CCNCC2)cc1. The Morgan fingerprint density at radius 2 is 1.80 bits per heavy atom. The number of ether oxygens (including phenoxy) is 1. The zero-order valence-electron chi connectivity index (χ0n) is 12.7. The summed E-state index contributed by atoms with van der Waals surface area (Å²) in [7, 11) is 0. The van der Waals surface area contributed by atoms with Crippen molar-refractivity contribution >= 4 is 5.97 Å². The number of piperidine rings is 1. The maximum atomic E-state index is 11.7. The van der Waals surface area contributed by atoms with Crippen molar-refractivity contribution < 1.29 is 9.53 Å². The van der Waals surface area contributed by atoms with Crippen LogP contribution in [0.1, 0.15) is 50.7 Å². The lowest BCUT2D eigenvalue weighted by molar-refractivity contribution is -0.154. The highest BCUT2D eigenvalue weighted by Crippen LogP contribution is 2.25. The highest BCUT2D eigenvalue weighted by molar-refractivity contribution is 5.75. The third-order valence-corrected chi connectivity index (χ3v) is 3.77. The van der Waals surface area contributed by atoms with Gasteiger partial charge in [-0.25, -0.2) is 0 Å². The molecule has 0 bridgehead atoms. The molecule has 110 valence electrons. The minimum absolute atomic E-state index is 0.153. The van der Waals surface area contributed by atoms with Gasteiger partial charge in [0.2, 0.25) is 0 Å². The van der Waals surface area contributed by atoms with Crippen molar-refractivity contribution in [3.05, 3.63) is 35.4 Å². The molecule has 3 nitrogen and oxygen atoms in total. The van der Waals surface area contributed by atoms with E-state index in [0.29, 0.717) is 12.5 Å². The van der Waals surface area contributed by atoms with Gasteiger partial charge >= 0.3 is 5.97 Å². The highest BCUT2D eigenvalue weighted by Gasteiger charge is 2.23. The fraction of sp³-hybridized carbons (Fsp3) is 0.588. The van der Waals surface area contributed by atoms with Crippen LogP contribution >= 0.6 is 0 Å². The summed E-state index contributed by atoms with van der Waals surface area (Å²) in [6.45, 7) is 8.19. The summed E-state index contributed by atoms with van der Waals surface area (Å²) in [5.74, 6) is 0.516. The van der Waals surface area contributed by atoms with E-state index in [-0.39, 0.29) is 5.97 Å². The molecular weight excluding hydrogens is 250 g/mol. The zero-order chi connectivity index (χ0) is 14.6. The smallest absolute Gasteiger partial charge is 0.311 e. The molecule has 1 aliphatic rings. The summed E-state index contributed by atoms with van der Waals surface area (Å²) in [6.07, 6.45) is 2.41. The quantitative estimate of drug-likeness (QED) is 0.861. The molecule has 1 aromatic carbocycles. The van der Waals surface area contributed by atoms with E-state index < -0.39 is 5.41 Å². The molecule has 0 aromatic heterocycles. The molecule has 0 amide bonds. The summed E-state index contributed by atoms with van der Waals surface area (Å²) >= 11 is 0. The number of hydrogen-bond donors (Lipinski definition) is 1. The Kier molecular flexibility index (Phi) is 4.81. The Morgan fingerprint density at radius 3 is 2.35 bits per heavy atom. The third kappa shape index (κ3) is 4.07. The van der Waals surface area contributed by atoms with Gasteiger partial charge in [-0.05, 0) is 63.7 Å². The van der Waals surface area contributed by atoms with Crippen molar-refractivity contribution in [2.75, 3.05) is 13.1 Å². The van der Waals surface area contributed by atoms with Crippen LogP contribution < -0.4 is 5.32 Å². The number of esters is 1. The summed E-state index contributed by atoms with van der Waals surface area (Å²) < 4.78 is 5.33. The van der Waals surface area contributed by atoms with Crippen molar-refractivity contribution in [1.82, 2.24) is 5.32 Å². The first-order chi connectivity index (χ1) is 9.47. The third-order valence-electron chi connectivity index (χ3n) is 3.77. The second kappa shape index (κ2) is 6.40. The van der Waals surface area contributed by atoms with E-state index in [1.54, 1.807) is 0 Å². The van der Waals surface area contributed by atoms with Gasteiger partial charge in [0, 0.05) is 0 Å². The van der Waals surface area contributed by atoms with Gasteiger partial charge in [-0.15, -0.1) is 0 Å². The van der Waals surface area contributed by atoms with Gasteiger partial charge in [0.1, 0.15) is 6.61 Å². The lowest BCUT2D eigenvalue weighted by Crippen LogP contribution is -2.26. The molecular formula is C17H25NO2. The van der Waals surface area contributed by atoms with E-state index in [1.165, 1.54) is 18.4 Å². The number of rotatable bonds is 3. The predicted octanol–water partition coefficient (Wildman–Crippen LogP) is 3.24. The average Bonchev–Trinajstić information content (AvgIpc) is 2.45. The molecule has 1 saturated heterocycles. The van der Waals surface area contributed by atoms with Gasteiger partial charge in [0.25, 0.3) is 0 Å². The van der Waals surface area contributed by atoms with E-state index in [1.807, 2.05) is 20.8 Å². The van der Waals surface area contributed by atoms with Crippen molar-refractivity contribution in [2.45, 2.75) is 46.1 Å². The van der Waals surface area contributed by atoms with Crippen LogP contribution in [0.3, 0.4) is 0 Å². The molecule has 1 N–H and O–H groups in total. The lowest BCUT2D eigenvalue weighted by Gasteiger charge is -2.23. The van der Waals surface area contributed by atoms with Crippen LogP contribution in [-0.2, 0) is 16.1 Å². The lowest BCUT2D eigenvalue weighted by atomic mass is 9.90. The van der Waals surface area contributed by atoms with Gasteiger partial charge in [-0.2, -0.15) is 0 Å². The fourth-order valence-electron chi connectivity index (χ4n) is 2.41. The van der Waals surface area contributed by atoms with E-state index in [4.69, 9.17) is 4.74 Å². The topological polar surface area (TPSA) is 38.3 Å².